The lowest BCUT2D eigenvalue weighted by molar-refractivity contribution is -0.416. The van der Waals surface area contributed by atoms with E-state index >= 15 is 0 Å². The largest absolute Gasteiger partial charge is 0.329 e. The van der Waals surface area contributed by atoms with Crippen LogP contribution in [0.5, 0.6) is 0 Å². The number of allylic oxidation sites excluding steroid dienone is 6. The first-order valence-electron chi connectivity index (χ1n) is 19.2. The second-order valence-corrected chi connectivity index (χ2v) is 20.0. The molecule has 2 fully saturated rings. The summed E-state index contributed by atoms with van der Waals surface area (Å²) in [6.45, 7) is 13.1. The Morgan fingerprint density at radius 3 is 1.79 bits per heavy atom. The Kier molecular flexibility index (Phi) is 13.0. The van der Waals surface area contributed by atoms with Gasteiger partial charge in [-0.25, -0.2) is 0 Å². The predicted octanol–water partition coefficient (Wildman–Crippen LogP) is 9.36. The van der Waals surface area contributed by atoms with Gasteiger partial charge < -0.3 is 4.90 Å². The third kappa shape index (κ3) is 9.43. The number of hydrogen-bond acceptors (Lipinski definition) is 7. The summed E-state index contributed by atoms with van der Waals surface area (Å²) in [5.41, 5.74) is 4.51. The quantitative estimate of drug-likeness (QED) is 0.135. The molecule has 2 aromatic carbocycles. The van der Waals surface area contributed by atoms with Crippen LogP contribution in [0.25, 0.3) is 0 Å². The zero-order valence-electron chi connectivity index (χ0n) is 33.0. The van der Waals surface area contributed by atoms with Gasteiger partial charge in [0.25, 0.3) is 16.0 Å². The van der Waals surface area contributed by atoms with E-state index in [0.29, 0.717) is 0 Å². The number of nitrogens with zero attached hydrogens (tertiary/aromatic N) is 2. The second-order valence-electron chi connectivity index (χ2n) is 16.6. The van der Waals surface area contributed by atoms with Crippen LogP contribution in [-0.2, 0) is 39.4 Å². The highest BCUT2D eigenvalue weighted by Crippen LogP contribution is 2.48. The maximum atomic E-state index is 12.4. The zero-order valence-corrected chi connectivity index (χ0v) is 34.7. The van der Waals surface area contributed by atoms with Crippen molar-refractivity contribution >= 4 is 37.3 Å². The van der Waals surface area contributed by atoms with Crippen molar-refractivity contribution in [2.24, 2.45) is 23.7 Å². The molecule has 6 rings (SSSR count). The Balaban J connectivity index is 0.000000322. The maximum absolute atomic E-state index is 12.4. The number of benzene rings is 2. The van der Waals surface area contributed by atoms with Gasteiger partial charge in [0.15, 0.2) is 11.6 Å². The van der Waals surface area contributed by atoms with Crippen molar-refractivity contribution in [3.8, 4) is 0 Å². The topological polar surface area (TPSA) is 93.0 Å². The summed E-state index contributed by atoms with van der Waals surface area (Å²) in [6, 6.07) is 15.5. The average Bonchev–Trinajstić information content (AvgIpc) is 3.47. The Morgan fingerprint density at radius 2 is 1.23 bits per heavy atom. The highest BCUT2D eigenvalue weighted by Gasteiger charge is 2.46. The molecular formula is C43H61N2O6S2+. The molecule has 290 valence electrons. The minimum atomic E-state index is -3.76. The summed E-state index contributed by atoms with van der Waals surface area (Å²) < 4.78 is 60.7. The molecule has 10 heteroatoms. The van der Waals surface area contributed by atoms with Crippen molar-refractivity contribution in [2.45, 2.75) is 104 Å². The number of para-hydroxylation sites is 2. The number of hydrogen-bond donors (Lipinski definition) is 0. The molecule has 8 nitrogen and oxygen atoms in total. The molecule has 0 saturated heterocycles. The molecule has 0 atom stereocenters. The summed E-state index contributed by atoms with van der Waals surface area (Å²) in [5, 5.41) is 0. The van der Waals surface area contributed by atoms with Crippen LogP contribution in [0.1, 0.15) is 104 Å². The lowest BCUT2D eigenvalue weighted by Gasteiger charge is -2.36. The smallest absolute Gasteiger partial charge is 0.327 e. The van der Waals surface area contributed by atoms with Crippen molar-refractivity contribution < 1.29 is 29.8 Å². The van der Waals surface area contributed by atoms with E-state index in [2.05, 4.69) is 41.5 Å². The minimum Gasteiger partial charge on any atom is -0.327 e. The first-order valence-corrected chi connectivity index (χ1v) is 22.4. The average molecular weight is 766 g/mol. The normalized spacial score (nSPS) is 26.2. The molecule has 2 aromatic rings. The molecule has 0 spiro atoms. The Hall–Kier alpha value is -3.05. The van der Waals surface area contributed by atoms with E-state index in [9.17, 15) is 16.8 Å². The van der Waals surface area contributed by atoms with Gasteiger partial charge in [-0.15, -0.1) is 0 Å². The summed E-state index contributed by atoms with van der Waals surface area (Å²) in [6.07, 6.45) is 21.6. The molecule has 0 unspecified atom stereocenters. The van der Waals surface area contributed by atoms with Crippen LogP contribution in [0.2, 0.25) is 0 Å². The van der Waals surface area contributed by atoms with Gasteiger partial charge in [-0.1, -0.05) is 108 Å². The molecule has 2 aliphatic carbocycles. The minimum absolute atomic E-state index is 0.299. The molecule has 0 amide bonds. The van der Waals surface area contributed by atoms with Crippen LogP contribution in [0, 0.1) is 23.7 Å². The van der Waals surface area contributed by atoms with Crippen LogP contribution < -0.4 is 4.90 Å². The summed E-state index contributed by atoms with van der Waals surface area (Å²) in [4.78, 5) is 1.77. The Morgan fingerprint density at radius 1 is 0.698 bits per heavy atom. The molecule has 4 aliphatic rings. The van der Waals surface area contributed by atoms with Crippen LogP contribution in [-0.4, -0.2) is 53.1 Å². The fraction of sp³-hybridized carbons (Fsp3) is 0.558. The van der Waals surface area contributed by atoms with Crippen LogP contribution in [0.3, 0.4) is 0 Å². The maximum Gasteiger partial charge on any atom is 0.329 e. The van der Waals surface area contributed by atoms with E-state index in [0.717, 1.165) is 71.8 Å². The molecule has 0 bridgehead atoms. The van der Waals surface area contributed by atoms with Gasteiger partial charge in [-0.05, 0) is 80.9 Å². The van der Waals surface area contributed by atoms with Crippen molar-refractivity contribution in [2.75, 3.05) is 30.9 Å². The highest BCUT2D eigenvalue weighted by molar-refractivity contribution is 7.86. The number of rotatable bonds is 10. The number of fused-ring (bicyclic) bond motifs is 2. The molecule has 2 heterocycles. The molecule has 0 N–H and O–H groups in total. The summed E-state index contributed by atoms with van der Waals surface area (Å²) in [7, 11) is -5.19. The first kappa shape index (κ1) is 41.1. The standard InChI is InChI=1S/C29H35N2O6S2.C14H26/c1-28(2)22-14-10-12-16-24(22)30(20-38(32,33)36-5)26(28)18-8-7-9-19-27-29(3,4)23-15-11-13-17-25(23)31(27)21-39(34,35)37-6;1-11-3-7-13(8-4-11)14-9-5-12(2)6-10-14/h7-19H,20-21H2,1-6H3;11-14H,3-10H2,1-2H3/q+1;. The fourth-order valence-electron chi connectivity index (χ4n) is 8.85. The van der Waals surface area contributed by atoms with Gasteiger partial charge in [-0.2, -0.15) is 21.4 Å². The Bertz CT molecular complexity index is 1920. The van der Waals surface area contributed by atoms with Gasteiger partial charge >= 0.3 is 10.1 Å². The van der Waals surface area contributed by atoms with E-state index in [1.54, 1.807) is 35.2 Å². The highest BCUT2D eigenvalue weighted by atomic mass is 32.2. The molecule has 2 saturated carbocycles. The van der Waals surface area contributed by atoms with Crippen molar-refractivity contribution in [3.63, 3.8) is 0 Å². The van der Waals surface area contributed by atoms with Crippen LogP contribution in [0.4, 0.5) is 11.4 Å². The van der Waals surface area contributed by atoms with Crippen molar-refractivity contribution in [1.82, 2.24) is 0 Å². The SMILES string of the molecule is CC1CCC(C2CCC(C)CC2)CC1.COS(=O)(=O)CN1/C(=C/C=C/C=C/C2=[N+](CS(=O)(=O)OC)c3ccccc3C2(C)C)C(C)(C)c2ccccc21. The van der Waals surface area contributed by atoms with Gasteiger partial charge in [-0.3, -0.25) is 8.37 Å². The van der Waals surface area contributed by atoms with E-state index in [-0.39, 0.29) is 11.8 Å². The molecular weight excluding hydrogens is 705 g/mol. The fourth-order valence-corrected chi connectivity index (χ4v) is 10.3. The Labute approximate surface area is 319 Å². The van der Waals surface area contributed by atoms with E-state index in [4.69, 9.17) is 8.37 Å². The monoisotopic (exact) mass is 765 g/mol. The van der Waals surface area contributed by atoms with Crippen molar-refractivity contribution in [3.05, 3.63) is 95.7 Å². The number of anilines is 1. The first-order chi connectivity index (χ1) is 25.0. The molecule has 0 aromatic heterocycles. The summed E-state index contributed by atoms with van der Waals surface area (Å²) >= 11 is 0. The zero-order chi connectivity index (χ0) is 38.6. The second kappa shape index (κ2) is 16.8. The van der Waals surface area contributed by atoms with Crippen LogP contribution in [0.15, 0.2) is 84.6 Å². The van der Waals surface area contributed by atoms with Crippen LogP contribution >= 0.6 is 0 Å². The molecule has 0 radical (unpaired) electrons. The van der Waals surface area contributed by atoms with E-state index in [1.807, 2.05) is 78.9 Å². The van der Waals surface area contributed by atoms with E-state index in [1.165, 1.54) is 25.7 Å². The lowest BCUT2D eigenvalue weighted by Crippen LogP contribution is -2.31. The summed E-state index contributed by atoms with van der Waals surface area (Å²) in [5.74, 6) is 3.67. The lowest BCUT2D eigenvalue weighted by atomic mass is 9.70. The third-order valence-electron chi connectivity index (χ3n) is 12.2. The molecule has 2 aliphatic heterocycles. The third-order valence-corrected chi connectivity index (χ3v) is 14.4. The predicted molar refractivity (Wildman–Crippen MR) is 217 cm³/mol. The van der Waals surface area contributed by atoms with Gasteiger partial charge in [0.2, 0.25) is 5.69 Å². The van der Waals surface area contributed by atoms with E-state index < -0.39 is 31.1 Å². The van der Waals surface area contributed by atoms with Gasteiger partial charge in [0.1, 0.15) is 0 Å². The van der Waals surface area contributed by atoms with Gasteiger partial charge in [0.05, 0.1) is 19.6 Å². The molecule has 53 heavy (non-hydrogen) atoms. The van der Waals surface area contributed by atoms with Gasteiger partial charge in [0, 0.05) is 34.5 Å². The van der Waals surface area contributed by atoms with Crippen molar-refractivity contribution in [1.29, 1.82) is 0 Å².